The van der Waals surface area contributed by atoms with Crippen LogP contribution in [0.2, 0.25) is 0 Å². The van der Waals surface area contributed by atoms with Gasteiger partial charge in [-0.3, -0.25) is 4.79 Å². The molecule has 0 fully saturated rings. The fourth-order valence-corrected chi connectivity index (χ4v) is 3.10. The number of hydrogen-bond donors (Lipinski definition) is 1. The van der Waals surface area contributed by atoms with E-state index in [4.69, 9.17) is 10.5 Å². The Morgan fingerprint density at radius 2 is 2.00 bits per heavy atom. The van der Waals surface area contributed by atoms with Crippen LogP contribution in [0, 0.1) is 6.92 Å². The van der Waals surface area contributed by atoms with Crippen LogP contribution in [0.15, 0.2) is 72.7 Å². The molecular weight excluding hydrogens is 407 g/mol. The van der Waals surface area contributed by atoms with Crippen molar-refractivity contribution in [3.8, 4) is 11.4 Å². The van der Waals surface area contributed by atoms with Gasteiger partial charge in [0, 0.05) is 37.2 Å². The first-order chi connectivity index (χ1) is 15.5. The first kappa shape index (κ1) is 24.8. The SMILES string of the molecule is CCCN(CCC=C(C)OC/C=C\C(F)=C/N)C(=O)c1cc(C)ccc1-c1ncccn1. The summed E-state index contributed by atoms with van der Waals surface area (Å²) < 4.78 is 18.5. The Bertz CT molecular complexity index is 971. The van der Waals surface area contributed by atoms with Crippen LogP contribution in [-0.2, 0) is 4.74 Å². The lowest BCUT2D eigenvalue weighted by Gasteiger charge is -2.23. The van der Waals surface area contributed by atoms with Gasteiger partial charge in [0.05, 0.1) is 11.3 Å². The number of amides is 1. The van der Waals surface area contributed by atoms with Crippen LogP contribution in [0.4, 0.5) is 4.39 Å². The van der Waals surface area contributed by atoms with E-state index in [1.807, 2.05) is 49.9 Å². The fraction of sp³-hybridized carbons (Fsp3) is 0.320. The predicted octanol–water partition coefficient (Wildman–Crippen LogP) is 4.94. The number of carbonyl (C=O) groups excluding carboxylic acids is 1. The monoisotopic (exact) mass is 438 g/mol. The van der Waals surface area contributed by atoms with Crippen molar-refractivity contribution in [3.05, 3.63) is 83.8 Å². The zero-order chi connectivity index (χ0) is 23.3. The molecule has 2 N–H and O–H groups in total. The Labute approximate surface area is 189 Å². The van der Waals surface area contributed by atoms with Gasteiger partial charge in [-0.15, -0.1) is 0 Å². The minimum absolute atomic E-state index is 0.0445. The number of rotatable bonds is 11. The molecule has 0 unspecified atom stereocenters. The van der Waals surface area contributed by atoms with E-state index in [-0.39, 0.29) is 12.5 Å². The number of nitrogens with zero attached hydrogens (tertiary/aromatic N) is 3. The van der Waals surface area contributed by atoms with Crippen LogP contribution in [0.3, 0.4) is 0 Å². The lowest BCUT2D eigenvalue weighted by atomic mass is 10.0. The molecule has 0 spiro atoms. The summed E-state index contributed by atoms with van der Waals surface area (Å²) in [5.74, 6) is 0.687. The van der Waals surface area contributed by atoms with Crippen molar-refractivity contribution in [2.45, 2.75) is 33.6 Å². The number of aryl methyl sites for hydroxylation is 1. The Morgan fingerprint density at radius 1 is 1.25 bits per heavy atom. The molecule has 0 saturated carbocycles. The topological polar surface area (TPSA) is 81.3 Å². The summed E-state index contributed by atoms with van der Waals surface area (Å²) in [6.07, 6.45) is 10.4. The van der Waals surface area contributed by atoms with Gasteiger partial charge in [-0.05, 0) is 57.0 Å². The summed E-state index contributed by atoms with van der Waals surface area (Å²) in [7, 11) is 0. The molecule has 6 nitrogen and oxygen atoms in total. The highest BCUT2D eigenvalue weighted by Gasteiger charge is 2.20. The highest BCUT2D eigenvalue weighted by molar-refractivity contribution is 6.00. The highest BCUT2D eigenvalue weighted by Crippen LogP contribution is 2.23. The third-order valence-corrected chi connectivity index (χ3v) is 4.67. The standard InChI is InChI=1S/C25H31FN4O2/c1-4-14-30(15-5-8-20(3)32-16-6-9-21(26)18-27)25(31)23-17-19(2)10-11-22(23)24-28-12-7-13-29-24/h6-13,17-18H,4-5,14-16,27H2,1-3H3/b9-6-,20-8?,21-18+. The number of carbonyl (C=O) groups is 1. The maximum atomic E-state index is 13.4. The molecular formula is C25H31FN4O2. The van der Waals surface area contributed by atoms with Crippen molar-refractivity contribution in [1.29, 1.82) is 0 Å². The molecule has 0 saturated heterocycles. The molecule has 0 aliphatic rings. The van der Waals surface area contributed by atoms with E-state index in [0.717, 1.165) is 23.7 Å². The highest BCUT2D eigenvalue weighted by atomic mass is 19.1. The second-order valence-electron chi connectivity index (χ2n) is 7.28. The normalized spacial score (nSPS) is 12.2. The van der Waals surface area contributed by atoms with Gasteiger partial charge in [-0.2, -0.15) is 0 Å². The van der Waals surface area contributed by atoms with Crippen molar-refractivity contribution in [2.24, 2.45) is 5.73 Å². The van der Waals surface area contributed by atoms with Crippen molar-refractivity contribution in [2.75, 3.05) is 19.7 Å². The zero-order valence-electron chi connectivity index (χ0n) is 18.9. The van der Waals surface area contributed by atoms with Crippen LogP contribution >= 0.6 is 0 Å². The Hall–Kier alpha value is -3.48. The van der Waals surface area contributed by atoms with Gasteiger partial charge in [0.1, 0.15) is 12.4 Å². The van der Waals surface area contributed by atoms with Crippen LogP contribution in [0.5, 0.6) is 0 Å². The third-order valence-electron chi connectivity index (χ3n) is 4.67. The Morgan fingerprint density at radius 3 is 2.69 bits per heavy atom. The Kier molecular flexibility index (Phi) is 10.1. The minimum Gasteiger partial charge on any atom is -0.495 e. The van der Waals surface area contributed by atoms with Crippen LogP contribution in [0.25, 0.3) is 11.4 Å². The van der Waals surface area contributed by atoms with Crippen molar-refractivity contribution in [3.63, 3.8) is 0 Å². The van der Waals surface area contributed by atoms with E-state index in [0.29, 0.717) is 36.7 Å². The Balaban J connectivity index is 2.09. The summed E-state index contributed by atoms with van der Waals surface area (Å²) in [5, 5.41) is 0. The first-order valence-electron chi connectivity index (χ1n) is 10.7. The van der Waals surface area contributed by atoms with Crippen LogP contribution in [-0.4, -0.2) is 40.5 Å². The van der Waals surface area contributed by atoms with Gasteiger partial charge in [0.2, 0.25) is 0 Å². The molecule has 0 aliphatic carbocycles. The molecule has 2 rings (SSSR count). The largest absolute Gasteiger partial charge is 0.495 e. The molecule has 2 aromatic rings. The van der Waals surface area contributed by atoms with E-state index < -0.39 is 5.83 Å². The number of benzene rings is 1. The number of nitrogens with two attached hydrogens (primary N) is 1. The quantitative estimate of drug-likeness (QED) is 0.397. The molecule has 1 aromatic heterocycles. The van der Waals surface area contributed by atoms with Crippen molar-refractivity contribution in [1.82, 2.24) is 14.9 Å². The van der Waals surface area contributed by atoms with E-state index in [1.54, 1.807) is 24.5 Å². The number of halogens is 1. The molecule has 0 aliphatic heterocycles. The van der Waals surface area contributed by atoms with Crippen LogP contribution < -0.4 is 5.73 Å². The maximum Gasteiger partial charge on any atom is 0.254 e. The summed E-state index contributed by atoms with van der Waals surface area (Å²) in [6.45, 7) is 7.28. The lowest BCUT2D eigenvalue weighted by molar-refractivity contribution is 0.0758. The molecule has 1 heterocycles. The summed E-state index contributed by atoms with van der Waals surface area (Å²) >= 11 is 0. The van der Waals surface area contributed by atoms with Gasteiger partial charge < -0.3 is 15.4 Å². The van der Waals surface area contributed by atoms with Gasteiger partial charge in [-0.1, -0.05) is 24.6 Å². The molecule has 32 heavy (non-hydrogen) atoms. The molecule has 170 valence electrons. The lowest BCUT2D eigenvalue weighted by Crippen LogP contribution is -2.33. The van der Waals surface area contributed by atoms with Gasteiger partial charge >= 0.3 is 0 Å². The fourth-order valence-electron chi connectivity index (χ4n) is 3.10. The molecule has 0 atom stereocenters. The van der Waals surface area contributed by atoms with Crippen molar-refractivity contribution < 1.29 is 13.9 Å². The minimum atomic E-state index is -0.514. The van der Waals surface area contributed by atoms with E-state index in [2.05, 4.69) is 9.97 Å². The number of aromatic nitrogens is 2. The van der Waals surface area contributed by atoms with E-state index in [1.165, 1.54) is 6.08 Å². The van der Waals surface area contributed by atoms with E-state index >= 15 is 0 Å². The van der Waals surface area contributed by atoms with E-state index in [9.17, 15) is 9.18 Å². The van der Waals surface area contributed by atoms with Gasteiger partial charge in [0.15, 0.2) is 5.82 Å². The van der Waals surface area contributed by atoms with Crippen LogP contribution in [0.1, 0.15) is 42.6 Å². The molecule has 7 heteroatoms. The maximum absolute atomic E-state index is 13.4. The number of allylic oxidation sites excluding steroid dienone is 3. The van der Waals surface area contributed by atoms with Gasteiger partial charge in [-0.25, -0.2) is 14.4 Å². The molecule has 1 amide bonds. The smallest absolute Gasteiger partial charge is 0.254 e. The molecule has 1 aromatic carbocycles. The number of ether oxygens (including phenoxy) is 1. The summed E-state index contributed by atoms with van der Waals surface area (Å²) in [5.41, 5.74) is 7.40. The second kappa shape index (κ2) is 13.0. The first-order valence-corrected chi connectivity index (χ1v) is 10.7. The molecule has 0 radical (unpaired) electrons. The average molecular weight is 439 g/mol. The molecule has 0 bridgehead atoms. The predicted molar refractivity (Wildman–Crippen MR) is 125 cm³/mol. The zero-order valence-corrected chi connectivity index (χ0v) is 18.9. The van der Waals surface area contributed by atoms with Gasteiger partial charge in [0.25, 0.3) is 5.91 Å². The second-order valence-corrected chi connectivity index (χ2v) is 7.28. The average Bonchev–Trinajstić information content (AvgIpc) is 2.81. The van der Waals surface area contributed by atoms with Crippen molar-refractivity contribution >= 4 is 5.91 Å². The summed E-state index contributed by atoms with van der Waals surface area (Å²) in [6, 6.07) is 7.50. The summed E-state index contributed by atoms with van der Waals surface area (Å²) in [4.78, 5) is 23.9. The number of hydrogen-bond acceptors (Lipinski definition) is 5. The third kappa shape index (κ3) is 7.65.